The molecule has 0 aliphatic heterocycles. The summed E-state index contributed by atoms with van der Waals surface area (Å²) in [5, 5.41) is 9.35. The molecule has 32 heavy (non-hydrogen) atoms. The third kappa shape index (κ3) is 10.8. The number of nitrogens with two attached hydrogens (primary N) is 1. The summed E-state index contributed by atoms with van der Waals surface area (Å²) in [5.74, 6) is -0.235. The Morgan fingerprint density at radius 1 is 1.28 bits per heavy atom. The maximum Gasteiger partial charge on any atom is 0.184 e. The molecule has 1 aromatic heterocycles. The Morgan fingerprint density at radius 3 is 2.31 bits per heavy atom. The van der Waals surface area contributed by atoms with Gasteiger partial charge in [0.1, 0.15) is 5.69 Å². The molecule has 0 aliphatic carbocycles. The van der Waals surface area contributed by atoms with Gasteiger partial charge in [0.15, 0.2) is 11.6 Å². The molecule has 0 aromatic carbocycles. The van der Waals surface area contributed by atoms with Crippen LogP contribution in [0.5, 0.6) is 0 Å². The van der Waals surface area contributed by atoms with Gasteiger partial charge in [0.05, 0.1) is 6.61 Å². The fraction of sp³-hybridized carbons (Fsp3) is 0.704. The van der Waals surface area contributed by atoms with Crippen LogP contribution in [0.3, 0.4) is 0 Å². The molecule has 0 spiro atoms. The number of halogens is 1. The molecule has 0 amide bonds. The van der Waals surface area contributed by atoms with E-state index in [1.165, 1.54) is 12.5 Å². The van der Waals surface area contributed by atoms with Gasteiger partial charge in [-0.3, -0.25) is 4.79 Å². The van der Waals surface area contributed by atoms with Gasteiger partial charge in [-0.15, -0.1) is 0 Å². The second kappa shape index (κ2) is 14.5. The van der Waals surface area contributed by atoms with Crippen molar-refractivity contribution in [2.45, 2.75) is 100 Å². The van der Waals surface area contributed by atoms with Crippen LogP contribution in [0, 0.1) is 30.0 Å². The van der Waals surface area contributed by atoms with Crippen molar-refractivity contribution in [2.75, 3.05) is 6.61 Å². The molecule has 3 N–H and O–H groups in total. The highest BCUT2D eigenvalue weighted by Crippen LogP contribution is 2.28. The van der Waals surface area contributed by atoms with Crippen LogP contribution < -0.4 is 5.73 Å². The van der Waals surface area contributed by atoms with Crippen LogP contribution in [-0.2, 0) is 0 Å². The zero-order valence-corrected chi connectivity index (χ0v) is 21.9. The standard InChI is InChI=1S/C24H39FN2O2.C3H8/c1-15(2)11-18(21(26)14-28)9-8-10-22(29)23-20(25)13-19(17(4)27-23)12-16(3)24(5,6)7;1-3-2/h12-13,15,18,21,28H,8-11,14,26H2,1-7H3;3H2,1-2H3/b16-12+;. The van der Waals surface area contributed by atoms with Crippen molar-refractivity contribution >= 4 is 11.9 Å². The predicted octanol–water partition coefficient (Wildman–Crippen LogP) is 6.73. The van der Waals surface area contributed by atoms with Crippen molar-refractivity contribution in [1.82, 2.24) is 4.98 Å². The molecule has 0 saturated heterocycles. The molecule has 1 heterocycles. The summed E-state index contributed by atoms with van der Waals surface area (Å²) in [5.41, 5.74) is 8.39. The van der Waals surface area contributed by atoms with Gasteiger partial charge in [0.25, 0.3) is 0 Å². The van der Waals surface area contributed by atoms with E-state index >= 15 is 0 Å². The van der Waals surface area contributed by atoms with E-state index in [9.17, 15) is 14.3 Å². The highest BCUT2D eigenvalue weighted by atomic mass is 19.1. The Bertz CT molecular complexity index is 736. The SMILES string of the molecule is C/C(=C\c1cc(F)c(C(=O)CCCC(CC(C)C)C(N)CO)nc1C)C(C)(C)C.CCC. The second-order valence-corrected chi connectivity index (χ2v) is 10.3. The summed E-state index contributed by atoms with van der Waals surface area (Å²) in [6.07, 6.45) is 5.65. The third-order valence-corrected chi connectivity index (χ3v) is 5.59. The molecule has 4 nitrogen and oxygen atoms in total. The molecule has 2 unspecified atom stereocenters. The van der Waals surface area contributed by atoms with E-state index < -0.39 is 5.82 Å². The van der Waals surface area contributed by atoms with Crippen molar-refractivity contribution < 1.29 is 14.3 Å². The van der Waals surface area contributed by atoms with Gasteiger partial charge in [-0.2, -0.15) is 0 Å². The minimum atomic E-state index is -0.570. The summed E-state index contributed by atoms with van der Waals surface area (Å²) >= 11 is 0. The molecule has 0 aliphatic rings. The van der Waals surface area contributed by atoms with Gasteiger partial charge >= 0.3 is 0 Å². The molecule has 0 saturated carbocycles. The number of Topliss-reactive ketones (excluding diaryl/α,β-unsaturated/α-hetero) is 1. The lowest BCUT2D eigenvalue weighted by molar-refractivity contribution is 0.0966. The number of aromatic nitrogens is 1. The van der Waals surface area contributed by atoms with Crippen molar-refractivity contribution in [3.05, 3.63) is 34.4 Å². The van der Waals surface area contributed by atoms with Crippen LogP contribution in [0.15, 0.2) is 11.6 Å². The van der Waals surface area contributed by atoms with Crippen LogP contribution in [0.25, 0.3) is 6.08 Å². The van der Waals surface area contributed by atoms with E-state index in [2.05, 4.69) is 53.5 Å². The first-order valence-corrected chi connectivity index (χ1v) is 12.0. The van der Waals surface area contributed by atoms with Crippen molar-refractivity contribution in [3.8, 4) is 0 Å². The van der Waals surface area contributed by atoms with Crippen molar-refractivity contribution in [1.29, 1.82) is 0 Å². The molecular formula is C27H47FN2O2. The van der Waals surface area contributed by atoms with Crippen LogP contribution in [-0.4, -0.2) is 28.5 Å². The third-order valence-electron chi connectivity index (χ3n) is 5.59. The lowest BCUT2D eigenvalue weighted by Crippen LogP contribution is -2.34. The topological polar surface area (TPSA) is 76.2 Å². The fourth-order valence-electron chi connectivity index (χ4n) is 3.29. The van der Waals surface area contributed by atoms with Gasteiger partial charge in [0, 0.05) is 18.2 Å². The number of aliphatic hydroxyl groups is 1. The maximum atomic E-state index is 14.6. The van der Waals surface area contributed by atoms with E-state index in [0.717, 1.165) is 18.4 Å². The van der Waals surface area contributed by atoms with E-state index in [4.69, 9.17) is 5.73 Å². The fourth-order valence-corrected chi connectivity index (χ4v) is 3.29. The summed E-state index contributed by atoms with van der Waals surface area (Å²) in [6, 6.07) is 1.12. The minimum Gasteiger partial charge on any atom is -0.395 e. The largest absolute Gasteiger partial charge is 0.395 e. The average Bonchev–Trinajstić information content (AvgIpc) is 2.68. The quantitative estimate of drug-likeness (QED) is 0.387. The zero-order chi connectivity index (χ0) is 25.1. The van der Waals surface area contributed by atoms with E-state index in [1.54, 1.807) is 6.92 Å². The molecule has 0 bridgehead atoms. The summed E-state index contributed by atoms with van der Waals surface area (Å²) in [6.45, 7) is 18.5. The highest BCUT2D eigenvalue weighted by molar-refractivity contribution is 5.94. The van der Waals surface area contributed by atoms with E-state index in [0.29, 0.717) is 23.6 Å². The number of carbonyl (C=O) groups excluding carboxylic acids is 1. The van der Waals surface area contributed by atoms with Gasteiger partial charge in [-0.1, -0.05) is 66.5 Å². The van der Waals surface area contributed by atoms with Crippen molar-refractivity contribution in [3.63, 3.8) is 0 Å². The monoisotopic (exact) mass is 450 g/mol. The molecule has 2 atom stereocenters. The molecule has 184 valence electrons. The number of pyridine rings is 1. The number of allylic oxidation sites excluding steroid dienone is 1. The number of hydrogen-bond donors (Lipinski definition) is 2. The lowest BCUT2D eigenvalue weighted by atomic mass is 9.86. The highest BCUT2D eigenvalue weighted by Gasteiger charge is 2.21. The van der Waals surface area contributed by atoms with Gasteiger partial charge in [0.2, 0.25) is 0 Å². The number of carbonyl (C=O) groups is 1. The summed E-state index contributed by atoms with van der Waals surface area (Å²) < 4.78 is 14.6. The first kappa shape index (κ1) is 30.4. The Morgan fingerprint density at radius 2 is 1.84 bits per heavy atom. The Kier molecular flexibility index (Phi) is 13.8. The number of aliphatic hydroxyl groups excluding tert-OH is 1. The zero-order valence-electron chi connectivity index (χ0n) is 21.9. The number of ketones is 1. The Hall–Kier alpha value is -1.59. The Balaban J connectivity index is 0.00000302. The molecule has 5 heteroatoms. The van der Waals surface area contributed by atoms with Gasteiger partial charge in [-0.05, 0) is 62.0 Å². The van der Waals surface area contributed by atoms with E-state index in [-0.39, 0.29) is 41.9 Å². The second-order valence-electron chi connectivity index (χ2n) is 10.3. The van der Waals surface area contributed by atoms with Crippen molar-refractivity contribution in [2.24, 2.45) is 23.0 Å². The number of nitrogens with zero attached hydrogens (tertiary/aromatic N) is 1. The average molecular weight is 451 g/mol. The van der Waals surface area contributed by atoms with Gasteiger partial charge in [-0.25, -0.2) is 9.37 Å². The normalized spacial score (nSPS) is 14.1. The first-order valence-electron chi connectivity index (χ1n) is 12.0. The molecule has 0 fully saturated rings. The Labute approximate surface area is 195 Å². The van der Waals surface area contributed by atoms with Crippen LogP contribution >= 0.6 is 0 Å². The maximum absolute atomic E-state index is 14.6. The number of rotatable bonds is 10. The number of aryl methyl sites for hydroxylation is 1. The molecule has 1 rings (SSSR count). The predicted molar refractivity (Wildman–Crippen MR) is 134 cm³/mol. The summed E-state index contributed by atoms with van der Waals surface area (Å²) in [7, 11) is 0. The molecule has 1 aromatic rings. The van der Waals surface area contributed by atoms with Gasteiger partial charge < -0.3 is 10.8 Å². The molecule has 0 radical (unpaired) electrons. The van der Waals surface area contributed by atoms with E-state index in [1.807, 2.05) is 13.0 Å². The van der Waals surface area contributed by atoms with Crippen LogP contribution in [0.2, 0.25) is 0 Å². The van der Waals surface area contributed by atoms with Crippen LogP contribution in [0.4, 0.5) is 4.39 Å². The minimum absolute atomic E-state index is 0.0145. The van der Waals surface area contributed by atoms with Crippen LogP contribution in [0.1, 0.15) is 109 Å². The smallest absolute Gasteiger partial charge is 0.184 e. The lowest BCUT2D eigenvalue weighted by Gasteiger charge is -2.24. The summed E-state index contributed by atoms with van der Waals surface area (Å²) in [4.78, 5) is 16.8. The first-order chi connectivity index (χ1) is 14.8. The number of hydrogen-bond acceptors (Lipinski definition) is 4. The molecular weight excluding hydrogens is 403 g/mol.